The molecule has 0 atom stereocenters. The van der Waals surface area contributed by atoms with Crippen molar-refractivity contribution in [2.75, 3.05) is 28.1 Å². The van der Waals surface area contributed by atoms with Crippen LogP contribution < -0.4 is 14.2 Å². The van der Waals surface area contributed by atoms with Gasteiger partial charge in [-0.05, 0) is 24.3 Å². The maximum atomic E-state index is 11.1. The van der Waals surface area contributed by atoms with Gasteiger partial charge in [0.05, 0.1) is 19.6 Å². The molecule has 5 nitrogen and oxygen atoms in total. The number of carbonyl (C=O) groups is 1. The van der Waals surface area contributed by atoms with E-state index in [1.807, 2.05) is 0 Å². The molecule has 0 aliphatic rings. The van der Waals surface area contributed by atoms with Gasteiger partial charge in [-0.1, -0.05) is 0 Å². The fourth-order valence-corrected chi connectivity index (χ4v) is 2.06. The summed E-state index contributed by atoms with van der Waals surface area (Å²) in [5, 5.41) is 1.50. The Hall–Kier alpha value is -2.27. The topological polar surface area (TPSA) is 54.0 Å². The van der Waals surface area contributed by atoms with E-state index in [4.69, 9.17) is 18.9 Å². The van der Waals surface area contributed by atoms with Crippen molar-refractivity contribution < 1.29 is 23.7 Å². The highest BCUT2D eigenvalue weighted by molar-refractivity contribution is 6.01. The molecule has 0 bridgehead atoms. The van der Waals surface area contributed by atoms with E-state index in [9.17, 15) is 4.79 Å². The summed E-state index contributed by atoms with van der Waals surface area (Å²) in [6.45, 7) is 0.0811. The zero-order valence-corrected chi connectivity index (χ0v) is 11.6. The maximum absolute atomic E-state index is 11.1. The molecular weight excluding hydrogens is 260 g/mol. The van der Waals surface area contributed by atoms with Gasteiger partial charge in [-0.2, -0.15) is 0 Å². The molecule has 0 aliphatic heterocycles. The maximum Gasteiger partial charge on any atom is 0.188 e. The number of benzene rings is 2. The van der Waals surface area contributed by atoms with Crippen molar-refractivity contribution in [3.8, 4) is 17.2 Å². The lowest BCUT2D eigenvalue weighted by atomic mass is 10.0. The van der Waals surface area contributed by atoms with E-state index in [1.165, 1.54) is 7.11 Å². The monoisotopic (exact) mass is 276 g/mol. The molecule has 0 amide bonds. The molecule has 0 fully saturated rings. The van der Waals surface area contributed by atoms with Crippen molar-refractivity contribution in [3.05, 3.63) is 29.8 Å². The van der Waals surface area contributed by atoms with E-state index in [0.29, 0.717) is 22.8 Å². The van der Waals surface area contributed by atoms with E-state index >= 15 is 0 Å². The van der Waals surface area contributed by atoms with Crippen LogP contribution in [0.3, 0.4) is 0 Å². The Morgan fingerprint density at radius 2 is 1.70 bits per heavy atom. The Morgan fingerprint density at radius 1 is 1.00 bits per heavy atom. The summed E-state index contributed by atoms with van der Waals surface area (Å²) >= 11 is 0. The van der Waals surface area contributed by atoms with Crippen LogP contribution in [0.5, 0.6) is 17.2 Å². The molecule has 2 aromatic carbocycles. The van der Waals surface area contributed by atoms with Crippen molar-refractivity contribution in [2.24, 2.45) is 0 Å². The number of carbonyl (C=O) groups excluding carboxylic acids is 1. The van der Waals surface area contributed by atoms with Gasteiger partial charge in [-0.3, -0.25) is 4.79 Å². The van der Waals surface area contributed by atoms with E-state index < -0.39 is 0 Å². The van der Waals surface area contributed by atoms with Gasteiger partial charge in [-0.25, -0.2) is 0 Å². The van der Waals surface area contributed by atoms with Crippen molar-refractivity contribution in [2.45, 2.75) is 0 Å². The van der Waals surface area contributed by atoms with Crippen LogP contribution in [0.15, 0.2) is 24.3 Å². The molecule has 0 heterocycles. The molecule has 106 valence electrons. The molecular formula is C15H16O5. The Balaban J connectivity index is 2.75. The van der Waals surface area contributed by atoms with E-state index in [1.54, 1.807) is 38.5 Å². The van der Waals surface area contributed by atoms with Crippen molar-refractivity contribution in [1.29, 1.82) is 0 Å². The zero-order chi connectivity index (χ0) is 14.5. The highest BCUT2D eigenvalue weighted by atomic mass is 16.7. The number of methoxy groups -OCH3 is 3. The van der Waals surface area contributed by atoms with Gasteiger partial charge >= 0.3 is 0 Å². The first-order chi connectivity index (χ1) is 9.74. The summed E-state index contributed by atoms with van der Waals surface area (Å²) in [5.74, 6) is 1.80. The third kappa shape index (κ3) is 2.53. The summed E-state index contributed by atoms with van der Waals surface area (Å²) in [5.41, 5.74) is 0.496. The van der Waals surface area contributed by atoms with Crippen LogP contribution in [0.1, 0.15) is 10.4 Å². The lowest BCUT2D eigenvalue weighted by molar-refractivity contribution is 0.0521. The summed E-state index contributed by atoms with van der Waals surface area (Å²) in [6.07, 6.45) is 0.762. The zero-order valence-electron chi connectivity index (χ0n) is 11.6. The fourth-order valence-electron chi connectivity index (χ4n) is 2.06. The van der Waals surface area contributed by atoms with Gasteiger partial charge in [0.2, 0.25) is 0 Å². The highest BCUT2D eigenvalue weighted by Gasteiger charge is 2.14. The van der Waals surface area contributed by atoms with Gasteiger partial charge in [0.15, 0.2) is 6.79 Å². The van der Waals surface area contributed by atoms with Gasteiger partial charge in [0.1, 0.15) is 23.5 Å². The van der Waals surface area contributed by atoms with Crippen LogP contribution in [0.4, 0.5) is 0 Å². The Kier molecular flexibility index (Phi) is 4.42. The van der Waals surface area contributed by atoms with Gasteiger partial charge in [0.25, 0.3) is 0 Å². The number of aldehydes is 1. The third-order valence-corrected chi connectivity index (χ3v) is 2.93. The van der Waals surface area contributed by atoms with Crippen LogP contribution >= 0.6 is 0 Å². The number of fused-ring (bicyclic) bond motifs is 1. The first kappa shape index (κ1) is 14.1. The molecule has 0 saturated heterocycles. The van der Waals surface area contributed by atoms with Crippen LogP contribution in [-0.4, -0.2) is 34.4 Å². The van der Waals surface area contributed by atoms with Crippen molar-refractivity contribution >= 4 is 17.1 Å². The van der Waals surface area contributed by atoms with E-state index in [-0.39, 0.29) is 6.79 Å². The first-order valence-corrected chi connectivity index (χ1v) is 6.00. The predicted octanol–water partition coefficient (Wildman–Crippen LogP) is 2.65. The van der Waals surface area contributed by atoms with Crippen molar-refractivity contribution in [1.82, 2.24) is 0 Å². The summed E-state index contributed by atoms with van der Waals surface area (Å²) in [7, 11) is 4.68. The molecule has 2 rings (SSSR count). The highest BCUT2D eigenvalue weighted by Crippen LogP contribution is 2.39. The molecule has 5 heteroatoms. The van der Waals surface area contributed by atoms with Crippen molar-refractivity contribution in [3.63, 3.8) is 0 Å². The molecule has 20 heavy (non-hydrogen) atoms. The largest absolute Gasteiger partial charge is 0.496 e. The second kappa shape index (κ2) is 6.25. The molecule has 0 aliphatic carbocycles. The van der Waals surface area contributed by atoms with Gasteiger partial charge in [-0.15, -0.1) is 0 Å². The number of hydrogen-bond donors (Lipinski definition) is 0. The molecule has 0 saturated carbocycles. The fraction of sp³-hybridized carbons (Fsp3) is 0.267. The second-order valence-corrected chi connectivity index (χ2v) is 4.08. The summed E-state index contributed by atoms with van der Waals surface area (Å²) in [6, 6.07) is 6.97. The lowest BCUT2D eigenvalue weighted by Crippen LogP contribution is -2.01. The van der Waals surface area contributed by atoms with Crippen LogP contribution in [0.2, 0.25) is 0 Å². The minimum atomic E-state index is 0.0811. The first-order valence-electron chi connectivity index (χ1n) is 6.00. The average molecular weight is 276 g/mol. The molecule has 0 spiro atoms. The van der Waals surface area contributed by atoms with Gasteiger partial charge < -0.3 is 18.9 Å². The normalized spacial score (nSPS) is 10.3. The standard InChI is InChI=1S/C15H16O5/c1-17-9-20-14-7-10(8-16)6-11-12(18-2)4-5-13(19-3)15(11)14/h4-8H,9H2,1-3H3. The SMILES string of the molecule is COCOc1cc(C=O)cc2c(OC)ccc(OC)c12. The van der Waals surface area contributed by atoms with Crippen LogP contribution in [0, 0.1) is 0 Å². The summed E-state index contributed by atoms with van der Waals surface area (Å²) < 4.78 is 21.1. The minimum absolute atomic E-state index is 0.0811. The van der Waals surface area contributed by atoms with E-state index in [0.717, 1.165) is 17.1 Å². The molecule has 0 unspecified atom stereocenters. The predicted molar refractivity (Wildman–Crippen MR) is 74.9 cm³/mol. The molecule has 2 aromatic rings. The Labute approximate surface area is 117 Å². The van der Waals surface area contributed by atoms with Gasteiger partial charge in [0, 0.05) is 18.1 Å². The van der Waals surface area contributed by atoms with E-state index in [2.05, 4.69) is 0 Å². The smallest absolute Gasteiger partial charge is 0.188 e. The number of rotatable bonds is 6. The average Bonchev–Trinajstić information content (AvgIpc) is 2.50. The van der Waals surface area contributed by atoms with Crippen LogP contribution in [-0.2, 0) is 4.74 Å². The Morgan fingerprint density at radius 3 is 2.30 bits per heavy atom. The third-order valence-electron chi connectivity index (χ3n) is 2.93. The van der Waals surface area contributed by atoms with Crippen LogP contribution in [0.25, 0.3) is 10.8 Å². The Bertz CT molecular complexity index is 621. The quantitative estimate of drug-likeness (QED) is 0.599. The molecule has 0 aromatic heterocycles. The number of ether oxygens (including phenoxy) is 4. The summed E-state index contributed by atoms with van der Waals surface area (Å²) in [4.78, 5) is 11.1. The second-order valence-electron chi connectivity index (χ2n) is 4.08. The molecule has 0 radical (unpaired) electrons. The molecule has 0 N–H and O–H groups in total. The lowest BCUT2D eigenvalue weighted by Gasteiger charge is -2.14. The minimum Gasteiger partial charge on any atom is -0.496 e. The number of hydrogen-bond acceptors (Lipinski definition) is 5.